The third-order valence-corrected chi connectivity index (χ3v) is 4.08. The molecule has 0 radical (unpaired) electrons. The summed E-state index contributed by atoms with van der Waals surface area (Å²) in [5, 5.41) is 0. The molecule has 0 saturated carbocycles. The van der Waals surface area contributed by atoms with Crippen molar-refractivity contribution in [2.45, 2.75) is 58.5 Å². The fourth-order valence-electron chi connectivity index (χ4n) is 2.94. The summed E-state index contributed by atoms with van der Waals surface area (Å²) in [6.07, 6.45) is -1.40. The minimum atomic E-state index is -1.09. The summed E-state index contributed by atoms with van der Waals surface area (Å²) >= 11 is 0. The number of alkyl halides is 1. The van der Waals surface area contributed by atoms with E-state index in [1.807, 2.05) is 30.3 Å². The lowest BCUT2D eigenvalue weighted by Gasteiger charge is -2.31. The molecule has 6 heteroatoms. The van der Waals surface area contributed by atoms with Crippen LogP contribution in [0.3, 0.4) is 0 Å². The van der Waals surface area contributed by atoms with Crippen LogP contribution < -0.4 is 0 Å². The van der Waals surface area contributed by atoms with E-state index in [1.54, 1.807) is 25.7 Å². The molecule has 0 N–H and O–H groups in total. The zero-order chi connectivity index (χ0) is 18.6. The van der Waals surface area contributed by atoms with E-state index in [-0.39, 0.29) is 24.9 Å². The Hall–Kier alpha value is -2.11. The monoisotopic (exact) mass is 350 g/mol. The lowest BCUT2D eigenvalue weighted by atomic mass is 10.1. The summed E-state index contributed by atoms with van der Waals surface area (Å²) in [6.45, 7) is 7.57. The average Bonchev–Trinajstić information content (AvgIpc) is 2.86. The van der Waals surface area contributed by atoms with Crippen molar-refractivity contribution < 1.29 is 18.7 Å². The molecule has 2 atom stereocenters. The molecule has 0 bridgehead atoms. The number of rotatable bonds is 4. The number of benzene rings is 1. The van der Waals surface area contributed by atoms with Crippen molar-refractivity contribution in [3.8, 4) is 0 Å². The van der Waals surface area contributed by atoms with Gasteiger partial charge in [0.1, 0.15) is 11.8 Å². The van der Waals surface area contributed by atoms with E-state index in [0.717, 1.165) is 5.56 Å². The van der Waals surface area contributed by atoms with Crippen LogP contribution in [-0.4, -0.2) is 52.7 Å². The topological polar surface area (TPSA) is 49.9 Å². The molecule has 1 aliphatic rings. The molecule has 0 spiro atoms. The van der Waals surface area contributed by atoms with Crippen LogP contribution in [0.15, 0.2) is 30.3 Å². The van der Waals surface area contributed by atoms with E-state index < -0.39 is 17.9 Å². The van der Waals surface area contributed by atoms with Gasteiger partial charge in [-0.15, -0.1) is 0 Å². The van der Waals surface area contributed by atoms with Crippen molar-refractivity contribution in [3.05, 3.63) is 35.9 Å². The lowest BCUT2D eigenvalue weighted by Crippen LogP contribution is -2.46. The number of halogens is 1. The number of nitrogens with zero attached hydrogens (tertiary/aromatic N) is 2. The van der Waals surface area contributed by atoms with E-state index in [1.165, 1.54) is 11.8 Å². The summed E-state index contributed by atoms with van der Waals surface area (Å²) in [6, 6.07) is 9.23. The Kier molecular flexibility index (Phi) is 6.03. The fourth-order valence-corrected chi connectivity index (χ4v) is 2.94. The first-order chi connectivity index (χ1) is 11.7. The maximum Gasteiger partial charge on any atom is 0.410 e. The maximum absolute atomic E-state index is 13.9. The Balaban J connectivity index is 2.08. The Bertz CT molecular complexity index is 600. The molecule has 0 aliphatic carbocycles. The molecule has 1 saturated heterocycles. The highest BCUT2D eigenvalue weighted by atomic mass is 19.1. The SMILES string of the molecule is CC(=O)N(Cc1ccccc1)CC1C[C@H](F)CN1C(=O)OC(C)(C)C. The zero-order valence-electron chi connectivity index (χ0n) is 15.4. The Morgan fingerprint density at radius 3 is 2.48 bits per heavy atom. The average molecular weight is 350 g/mol. The molecule has 5 nitrogen and oxygen atoms in total. The molecule has 1 aromatic rings. The summed E-state index contributed by atoms with van der Waals surface area (Å²) in [4.78, 5) is 27.4. The van der Waals surface area contributed by atoms with Gasteiger partial charge in [0.05, 0.1) is 12.6 Å². The molecular weight excluding hydrogens is 323 g/mol. The van der Waals surface area contributed by atoms with Crippen molar-refractivity contribution >= 4 is 12.0 Å². The summed E-state index contributed by atoms with van der Waals surface area (Å²) < 4.78 is 19.3. The van der Waals surface area contributed by atoms with Gasteiger partial charge >= 0.3 is 6.09 Å². The van der Waals surface area contributed by atoms with Crippen LogP contribution in [0.1, 0.15) is 39.7 Å². The second kappa shape index (κ2) is 7.85. The standard InChI is InChI=1S/C19H27FN2O3/c1-14(23)21(11-15-8-6-5-7-9-15)13-17-10-16(20)12-22(17)18(24)25-19(2,3)4/h5-9,16-17H,10-13H2,1-4H3/t16-,17?/m0/s1. The van der Waals surface area contributed by atoms with Crippen molar-refractivity contribution in [1.29, 1.82) is 0 Å². The summed E-state index contributed by atoms with van der Waals surface area (Å²) in [5.74, 6) is -0.102. The highest BCUT2D eigenvalue weighted by molar-refractivity contribution is 5.73. The first-order valence-corrected chi connectivity index (χ1v) is 8.59. The predicted molar refractivity (Wildman–Crippen MR) is 93.8 cm³/mol. The van der Waals surface area contributed by atoms with Gasteiger partial charge in [-0.1, -0.05) is 30.3 Å². The first kappa shape index (κ1) is 19.2. The summed E-state index contributed by atoms with van der Waals surface area (Å²) in [5.41, 5.74) is 0.358. The highest BCUT2D eigenvalue weighted by Crippen LogP contribution is 2.24. The van der Waals surface area contributed by atoms with E-state index >= 15 is 0 Å². The molecule has 1 aliphatic heterocycles. The smallest absolute Gasteiger partial charge is 0.410 e. The highest BCUT2D eigenvalue weighted by Gasteiger charge is 2.38. The van der Waals surface area contributed by atoms with Gasteiger partial charge in [-0.05, 0) is 26.3 Å². The van der Waals surface area contributed by atoms with E-state index in [9.17, 15) is 14.0 Å². The molecule has 2 amide bonds. The maximum atomic E-state index is 13.9. The zero-order valence-corrected chi connectivity index (χ0v) is 15.4. The van der Waals surface area contributed by atoms with Gasteiger partial charge < -0.3 is 14.5 Å². The third kappa shape index (κ3) is 5.73. The Morgan fingerprint density at radius 1 is 1.28 bits per heavy atom. The predicted octanol–water partition coefficient (Wildman–Crippen LogP) is 3.38. The van der Waals surface area contributed by atoms with Gasteiger partial charge in [0.25, 0.3) is 0 Å². The molecule has 1 aromatic carbocycles. The number of ether oxygens (including phenoxy) is 1. The molecule has 138 valence electrons. The minimum Gasteiger partial charge on any atom is -0.444 e. The van der Waals surface area contributed by atoms with E-state index in [2.05, 4.69) is 0 Å². The Labute approximate surface area is 148 Å². The molecule has 0 aromatic heterocycles. The van der Waals surface area contributed by atoms with Crippen molar-refractivity contribution in [2.24, 2.45) is 0 Å². The van der Waals surface area contributed by atoms with Crippen LogP contribution in [0.25, 0.3) is 0 Å². The first-order valence-electron chi connectivity index (χ1n) is 8.59. The van der Waals surface area contributed by atoms with Crippen LogP contribution in [-0.2, 0) is 16.1 Å². The third-order valence-electron chi connectivity index (χ3n) is 4.08. The second-order valence-electron chi connectivity index (χ2n) is 7.50. The molecule has 1 fully saturated rings. The number of likely N-dealkylation sites (tertiary alicyclic amines) is 1. The van der Waals surface area contributed by atoms with Gasteiger partial charge in [0.2, 0.25) is 5.91 Å². The van der Waals surface area contributed by atoms with Crippen LogP contribution >= 0.6 is 0 Å². The second-order valence-corrected chi connectivity index (χ2v) is 7.50. The van der Waals surface area contributed by atoms with Gasteiger partial charge in [-0.3, -0.25) is 4.79 Å². The van der Waals surface area contributed by atoms with Crippen molar-refractivity contribution in [2.75, 3.05) is 13.1 Å². The van der Waals surface area contributed by atoms with Gasteiger partial charge in [0.15, 0.2) is 0 Å². The van der Waals surface area contributed by atoms with Gasteiger partial charge in [-0.2, -0.15) is 0 Å². The number of amides is 2. The van der Waals surface area contributed by atoms with Crippen LogP contribution in [0, 0.1) is 0 Å². The van der Waals surface area contributed by atoms with Crippen molar-refractivity contribution in [1.82, 2.24) is 9.80 Å². The number of carbonyl (C=O) groups is 2. The normalized spacial score (nSPS) is 20.4. The quantitative estimate of drug-likeness (QED) is 0.836. The molecule has 2 rings (SSSR count). The fraction of sp³-hybridized carbons (Fsp3) is 0.579. The van der Waals surface area contributed by atoms with Gasteiger partial charge in [-0.25, -0.2) is 9.18 Å². The van der Waals surface area contributed by atoms with Gasteiger partial charge in [0, 0.05) is 26.4 Å². The van der Waals surface area contributed by atoms with Crippen LogP contribution in [0.2, 0.25) is 0 Å². The van der Waals surface area contributed by atoms with E-state index in [4.69, 9.17) is 4.74 Å². The lowest BCUT2D eigenvalue weighted by molar-refractivity contribution is -0.130. The van der Waals surface area contributed by atoms with E-state index in [0.29, 0.717) is 13.1 Å². The molecule has 1 unspecified atom stereocenters. The largest absolute Gasteiger partial charge is 0.444 e. The van der Waals surface area contributed by atoms with Crippen molar-refractivity contribution in [3.63, 3.8) is 0 Å². The number of hydrogen-bond acceptors (Lipinski definition) is 3. The molecular formula is C19H27FN2O3. The van der Waals surface area contributed by atoms with Crippen LogP contribution in [0.4, 0.5) is 9.18 Å². The molecule has 1 heterocycles. The van der Waals surface area contributed by atoms with Crippen LogP contribution in [0.5, 0.6) is 0 Å². The molecule has 25 heavy (non-hydrogen) atoms. The number of hydrogen-bond donors (Lipinski definition) is 0. The minimum absolute atomic E-state index is 0.0106. The number of carbonyl (C=O) groups excluding carboxylic acids is 2. The Morgan fingerprint density at radius 2 is 1.92 bits per heavy atom. The summed E-state index contributed by atoms with van der Waals surface area (Å²) in [7, 11) is 0.